The van der Waals surface area contributed by atoms with E-state index < -0.39 is 0 Å². The molecule has 0 aromatic heterocycles. The molecule has 0 amide bonds. The molecule has 1 aromatic rings. The normalized spacial score (nSPS) is 27.6. The van der Waals surface area contributed by atoms with Crippen LogP contribution in [0.1, 0.15) is 30.7 Å². The highest BCUT2D eigenvalue weighted by Gasteiger charge is 2.37. The third kappa shape index (κ3) is 3.47. The van der Waals surface area contributed by atoms with E-state index in [2.05, 4.69) is 41.0 Å². The lowest BCUT2D eigenvalue weighted by molar-refractivity contribution is 0.355. The van der Waals surface area contributed by atoms with Crippen LogP contribution in [0.3, 0.4) is 0 Å². The smallest absolute Gasteiger partial charge is 0.0143 e. The monoisotopic (exact) mass is 266 g/mol. The highest BCUT2D eigenvalue weighted by atomic mass is 35.5. The summed E-state index contributed by atoms with van der Waals surface area (Å²) in [6.45, 7) is 3.63. The van der Waals surface area contributed by atoms with Gasteiger partial charge in [-0.05, 0) is 50.4 Å². The number of halogens is 1. The van der Waals surface area contributed by atoms with Crippen LogP contribution in [0, 0.1) is 5.92 Å². The predicted octanol–water partition coefficient (Wildman–Crippen LogP) is 2.55. The zero-order chi connectivity index (χ0) is 11.5. The summed E-state index contributed by atoms with van der Waals surface area (Å²) in [7, 11) is 0. The summed E-state index contributed by atoms with van der Waals surface area (Å²) in [5.74, 6) is 1.67. The van der Waals surface area contributed by atoms with Crippen LogP contribution in [0.2, 0.25) is 0 Å². The number of hydrogen-bond acceptors (Lipinski definition) is 2. The maximum absolute atomic E-state index is 3.75. The fourth-order valence-electron chi connectivity index (χ4n) is 2.89. The van der Waals surface area contributed by atoms with E-state index >= 15 is 0 Å². The van der Waals surface area contributed by atoms with Gasteiger partial charge in [0.15, 0.2) is 0 Å². The van der Waals surface area contributed by atoms with Gasteiger partial charge < -0.3 is 10.6 Å². The van der Waals surface area contributed by atoms with Crippen LogP contribution in [-0.2, 0) is 0 Å². The maximum atomic E-state index is 3.75. The molecule has 100 valence electrons. The van der Waals surface area contributed by atoms with Crippen molar-refractivity contribution in [3.63, 3.8) is 0 Å². The summed E-state index contributed by atoms with van der Waals surface area (Å²) in [6.07, 6.45) is 4.01. The molecule has 2 atom stereocenters. The van der Waals surface area contributed by atoms with E-state index in [0.717, 1.165) is 17.9 Å². The molecule has 18 heavy (non-hydrogen) atoms. The van der Waals surface area contributed by atoms with Crippen LogP contribution in [0.25, 0.3) is 0 Å². The Labute approximate surface area is 116 Å². The molecule has 0 bridgehead atoms. The van der Waals surface area contributed by atoms with Crippen LogP contribution in [0.5, 0.6) is 0 Å². The van der Waals surface area contributed by atoms with Gasteiger partial charge in [0, 0.05) is 12.0 Å². The SMILES string of the molecule is Cl.c1ccc([C@@H]2C[C@H]2NCC2CCNCC2)cc1. The Kier molecular flexibility index (Phi) is 5.04. The average Bonchev–Trinajstić information content (AvgIpc) is 3.18. The van der Waals surface area contributed by atoms with Crippen LogP contribution >= 0.6 is 12.4 Å². The Morgan fingerprint density at radius 2 is 1.83 bits per heavy atom. The van der Waals surface area contributed by atoms with Crippen molar-refractivity contribution in [3.8, 4) is 0 Å². The standard InChI is InChI=1S/C15H22N2.ClH/c1-2-4-13(5-3-1)14-10-15(14)17-11-12-6-8-16-9-7-12;/h1-5,12,14-17H,6-11H2;1H/t14-,15+;/m0./s1. The van der Waals surface area contributed by atoms with Gasteiger partial charge in [0.1, 0.15) is 0 Å². The van der Waals surface area contributed by atoms with Crippen molar-refractivity contribution in [3.05, 3.63) is 35.9 Å². The quantitative estimate of drug-likeness (QED) is 0.875. The van der Waals surface area contributed by atoms with Crippen molar-refractivity contribution >= 4 is 12.4 Å². The van der Waals surface area contributed by atoms with Crippen molar-refractivity contribution in [1.29, 1.82) is 0 Å². The van der Waals surface area contributed by atoms with Crippen molar-refractivity contribution in [2.24, 2.45) is 5.92 Å². The summed E-state index contributed by atoms with van der Waals surface area (Å²) in [5, 5.41) is 7.17. The minimum absolute atomic E-state index is 0. The lowest BCUT2D eigenvalue weighted by Crippen LogP contribution is -2.34. The maximum Gasteiger partial charge on any atom is 0.0143 e. The number of piperidine rings is 1. The van der Waals surface area contributed by atoms with Crippen molar-refractivity contribution in [2.75, 3.05) is 19.6 Å². The van der Waals surface area contributed by atoms with E-state index in [4.69, 9.17) is 0 Å². The summed E-state index contributed by atoms with van der Waals surface area (Å²) in [6, 6.07) is 11.7. The zero-order valence-corrected chi connectivity index (χ0v) is 11.6. The molecule has 0 spiro atoms. The number of benzene rings is 1. The summed E-state index contributed by atoms with van der Waals surface area (Å²) >= 11 is 0. The van der Waals surface area contributed by atoms with Gasteiger partial charge in [-0.3, -0.25) is 0 Å². The molecule has 1 heterocycles. The van der Waals surface area contributed by atoms with Gasteiger partial charge in [-0.25, -0.2) is 0 Å². The summed E-state index contributed by atoms with van der Waals surface area (Å²) in [5.41, 5.74) is 1.51. The number of rotatable bonds is 4. The summed E-state index contributed by atoms with van der Waals surface area (Å²) in [4.78, 5) is 0. The molecule has 0 unspecified atom stereocenters. The first-order valence-electron chi connectivity index (χ1n) is 6.92. The third-order valence-corrected chi connectivity index (χ3v) is 4.15. The lowest BCUT2D eigenvalue weighted by Gasteiger charge is -2.22. The highest BCUT2D eigenvalue weighted by molar-refractivity contribution is 5.85. The van der Waals surface area contributed by atoms with Gasteiger partial charge in [-0.15, -0.1) is 12.4 Å². The molecule has 3 rings (SSSR count). The van der Waals surface area contributed by atoms with E-state index in [1.54, 1.807) is 0 Å². The van der Waals surface area contributed by atoms with Crippen LogP contribution < -0.4 is 10.6 Å². The number of nitrogens with one attached hydrogen (secondary N) is 2. The molecular formula is C15H23ClN2. The molecule has 2 aliphatic rings. The second-order valence-electron chi connectivity index (χ2n) is 5.46. The molecule has 2 fully saturated rings. The van der Waals surface area contributed by atoms with Crippen molar-refractivity contribution in [1.82, 2.24) is 10.6 Å². The van der Waals surface area contributed by atoms with Crippen LogP contribution in [-0.4, -0.2) is 25.7 Å². The zero-order valence-electron chi connectivity index (χ0n) is 10.8. The topological polar surface area (TPSA) is 24.1 Å². The first-order chi connectivity index (χ1) is 8.43. The molecule has 2 nitrogen and oxygen atoms in total. The fourth-order valence-corrected chi connectivity index (χ4v) is 2.89. The molecule has 0 radical (unpaired) electrons. The van der Waals surface area contributed by atoms with Gasteiger partial charge in [0.2, 0.25) is 0 Å². The molecule has 3 heteroatoms. The molecule has 2 N–H and O–H groups in total. The Hall–Kier alpha value is -0.570. The van der Waals surface area contributed by atoms with Crippen molar-refractivity contribution in [2.45, 2.75) is 31.2 Å². The van der Waals surface area contributed by atoms with Crippen LogP contribution in [0.4, 0.5) is 0 Å². The lowest BCUT2D eigenvalue weighted by atomic mass is 9.98. The average molecular weight is 267 g/mol. The van der Waals surface area contributed by atoms with Gasteiger partial charge in [0.05, 0.1) is 0 Å². The molecule has 1 aromatic carbocycles. The Bertz CT molecular complexity index is 349. The van der Waals surface area contributed by atoms with Gasteiger partial charge >= 0.3 is 0 Å². The van der Waals surface area contributed by atoms with Gasteiger partial charge in [-0.1, -0.05) is 30.3 Å². The van der Waals surface area contributed by atoms with Gasteiger partial charge in [0.25, 0.3) is 0 Å². The highest BCUT2D eigenvalue weighted by Crippen LogP contribution is 2.40. The van der Waals surface area contributed by atoms with Gasteiger partial charge in [-0.2, -0.15) is 0 Å². The second kappa shape index (κ2) is 6.55. The first kappa shape index (κ1) is 13.9. The first-order valence-corrected chi connectivity index (χ1v) is 6.92. The Morgan fingerprint density at radius 1 is 1.11 bits per heavy atom. The molecular weight excluding hydrogens is 244 g/mol. The minimum atomic E-state index is 0. The predicted molar refractivity (Wildman–Crippen MR) is 78.4 cm³/mol. The Balaban J connectivity index is 0.00000120. The second-order valence-corrected chi connectivity index (χ2v) is 5.46. The minimum Gasteiger partial charge on any atom is -0.317 e. The molecule has 1 saturated carbocycles. The van der Waals surface area contributed by atoms with Crippen molar-refractivity contribution < 1.29 is 0 Å². The molecule has 1 aliphatic carbocycles. The van der Waals surface area contributed by atoms with Crippen LogP contribution in [0.15, 0.2) is 30.3 Å². The third-order valence-electron chi connectivity index (χ3n) is 4.15. The van der Waals surface area contributed by atoms with E-state index in [1.165, 1.54) is 44.5 Å². The largest absolute Gasteiger partial charge is 0.317 e. The van der Waals surface area contributed by atoms with E-state index in [9.17, 15) is 0 Å². The summed E-state index contributed by atoms with van der Waals surface area (Å²) < 4.78 is 0. The van der Waals surface area contributed by atoms with E-state index in [1.807, 2.05) is 0 Å². The van der Waals surface area contributed by atoms with E-state index in [0.29, 0.717) is 0 Å². The molecule has 1 aliphatic heterocycles. The fraction of sp³-hybridized carbons (Fsp3) is 0.600. The van der Waals surface area contributed by atoms with E-state index in [-0.39, 0.29) is 12.4 Å². The molecule has 1 saturated heterocycles. The number of hydrogen-bond donors (Lipinski definition) is 2. The Morgan fingerprint density at radius 3 is 2.56 bits per heavy atom.